The first-order valence-corrected chi connectivity index (χ1v) is 8.81. The number of esters is 1. The number of hydrogen-bond donors (Lipinski definition) is 2. The minimum Gasteiger partial charge on any atom is -0.466 e. The molecule has 2 atom stereocenters. The summed E-state index contributed by atoms with van der Waals surface area (Å²) in [6, 6.07) is 7.27. The molecule has 0 radical (unpaired) electrons. The van der Waals surface area contributed by atoms with E-state index in [1.165, 1.54) is 0 Å². The molecule has 1 saturated heterocycles. The molecule has 1 aliphatic heterocycles. The molecule has 24 heavy (non-hydrogen) atoms. The predicted octanol–water partition coefficient (Wildman–Crippen LogP) is 2.98. The van der Waals surface area contributed by atoms with Crippen LogP contribution in [0.5, 0.6) is 0 Å². The molecule has 2 unspecified atom stereocenters. The van der Waals surface area contributed by atoms with Gasteiger partial charge < -0.3 is 15.4 Å². The summed E-state index contributed by atoms with van der Waals surface area (Å²) in [5.41, 5.74) is 0.901. The molecule has 1 amide bonds. The van der Waals surface area contributed by atoms with E-state index in [0.717, 1.165) is 29.4 Å². The maximum atomic E-state index is 12.5. The van der Waals surface area contributed by atoms with Gasteiger partial charge in [-0.2, -0.15) is 0 Å². The summed E-state index contributed by atoms with van der Waals surface area (Å²) in [6.07, 6.45) is 2.02. The number of carbonyl (C=O) groups is 2. The molecule has 1 aromatic carbocycles. The van der Waals surface area contributed by atoms with Crippen LogP contribution in [0.15, 0.2) is 28.7 Å². The number of hydrogen-bond acceptors (Lipinski definition) is 4. The number of ether oxygens (including phenoxy) is 1. The largest absolute Gasteiger partial charge is 0.466 e. The summed E-state index contributed by atoms with van der Waals surface area (Å²) < 4.78 is 5.99. The zero-order valence-electron chi connectivity index (χ0n) is 13.7. The second-order valence-electron chi connectivity index (χ2n) is 5.67. The van der Waals surface area contributed by atoms with Gasteiger partial charge >= 0.3 is 5.97 Å². The Morgan fingerprint density at radius 1 is 1.38 bits per heavy atom. The Morgan fingerprint density at radius 3 is 2.67 bits per heavy atom. The third kappa shape index (κ3) is 6.42. The van der Waals surface area contributed by atoms with Crippen molar-refractivity contribution in [2.75, 3.05) is 19.7 Å². The molecular weight excluding hydrogens is 396 g/mol. The molecule has 1 aliphatic rings. The molecule has 0 spiro atoms. The van der Waals surface area contributed by atoms with Gasteiger partial charge in [-0.1, -0.05) is 28.1 Å². The molecule has 2 N–H and O–H groups in total. The minimum absolute atomic E-state index is 0. The number of halogens is 2. The summed E-state index contributed by atoms with van der Waals surface area (Å²) in [6.45, 7) is 3.77. The smallest absolute Gasteiger partial charge is 0.308 e. The molecule has 0 aromatic heterocycles. The van der Waals surface area contributed by atoms with Gasteiger partial charge in [0, 0.05) is 11.0 Å². The topological polar surface area (TPSA) is 67.4 Å². The second kappa shape index (κ2) is 10.7. The third-order valence-corrected chi connectivity index (χ3v) is 4.46. The molecule has 1 heterocycles. The van der Waals surface area contributed by atoms with Crippen molar-refractivity contribution in [3.8, 4) is 0 Å². The van der Waals surface area contributed by atoms with Crippen molar-refractivity contribution >= 4 is 40.2 Å². The monoisotopic (exact) mass is 418 g/mol. The van der Waals surface area contributed by atoms with E-state index in [0.29, 0.717) is 13.2 Å². The van der Waals surface area contributed by atoms with Crippen LogP contribution in [-0.2, 0) is 14.3 Å². The number of amides is 1. The quantitative estimate of drug-likeness (QED) is 0.696. The van der Waals surface area contributed by atoms with Crippen LogP contribution in [0.25, 0.3) is 0 Å². The van der Waals surface area contributed by atoms with Gasteiger partial charge in [-0.25, -0.2) is 0 Å². The van der Waals surface area contributed by atoms with Gasteiger partial charge in [0.2, 0.25) is 5.91 Å². The molecule has 0 bridgehead atoms. The van der Waals surface area contributed by atoms with Crippen LogP contribution in [0.3, 0.4) is 0 Å². The second-order valence-corrected chi connectivity index (χ2v) is 6.58. The Labute approximate surface area is 157 Å². The van der Waals surface area contributed by atoms with Gasteiger partial charge in [0.15, 0.2) is 0 Å². The van der Waals surface area contributed by atoms with Crippen LogP contribution in [0.2, 0.25) is 0 Å². The maximum absolute atomic E-state index is 12.5. The lowest BCUT2D eigenvalue weighted by molar-refractivity contribution is -0.144. The van der Waals surface area contributed by atoms with E-state index in [1.54, 1.807) is 6.92 Å². The molecule has 134 valence electrons. The average Bonchev–Trinajstić information content (AvgIpc) is 2.56. The molecule has 7 heteroatoms. The van der Waals surface area contributed by atoms with Crippen molar-refractivity contribution in [1.82, 2.24) is 10.6 Å². The highest BCUT2D eigenvalue weighted by molar-refractivity contribution is 9.10. The van der Waals surface area contributed by atoms with Crippen molar-refractivity contribution in [2.45, 2.75) is 32.2 Å². The Bertz CT molecular complexity index is 533. The summed E-state index contributed by atoms with van der Waals surface area (Å²) in [5.74, 6) is -0.346. The fraction of sp³-hybridized carbons (Fsp3) is 0.529. The van der Waals surface area contributed by atoms with Gasteiger partial charge in [-0.3, -0.25) is 9.59 Å². The number of carbonyl (C=O) groups excluding carboxylic acids is 2. The van der Waals surface area contributed by atoms with Crippen molar-refractivity contribution in [3.63, 3.8) is 0 Å². The van der Waals surface area contributed by atoms with Gasteiger partial charge in [0.25, 0.3) is 0 Å². The van der Waals surface area contributed by atoms with Gasteiger partial charge in [-0.05, 0) is 44.0 Å². The fourth-order valence-electron chi connectivity index (χ4n) is 2.70. The van der Waals surface area contributed by atoms with Crippen LogP contribution in [-0.4, -0.2) is 31.6 Å². The van der Waals surface area contributed by atoms with Crippen molar-refractivity contribution < 1.29 is 14.3 Å². The summed E-state index contributed by atoms with van der Waals surface area (Å²) in [5, 5.41) is 6.26. The molecule has 0 saturated carbocycles. The van der Waals surface area contributed by atoms with Crippen molar-refractivity contribution in [3.05, 3.63) is 34.3 Å². The zero-order chi connectivity index (χ0) is 16.7. The van der Waals surface area contributed by atoms with Crippen LogP contribution in [0.4, 0.5) is 0 Å². The van der Waals surface area contributed by atoms with Crippen LogP contribution in [0, 0.1) is 5.92 Å². The van der Waals surface area contributed by atoms with Crippen LogP contribution >= 0.6 is 28.3 Å². The van der Waals surface area contributed by atoms with Crippen LogP contribution in [0.1, 0.15) is 37.8 Å². The average molecular weight is 420 g/mol. The van der Waals surface area contributed by atoms with Gasteiger partial charge in [0.1, 0.15) is 0 Å². The third-order valence-electron chi connectivity index (χ3n) is 3.93. The van der Waals surface area contributed by atoms with E-state index in [9.17, 15) is 9.59 Å². The number of rotatable bonds is 6. The lowest BCUT2D eigenvalue weighted by atomic mass is 9.97. The number of nitrogens with one attached hydrogen (secondary N) is 2. The molecule has 2 rings (SSSR count). The highest BCUT2D eigenvalue weighted by atomic mass is 79.9. The van der Waals surface area contributed by atoms with Crippen molar-refractivity contribution in [1.29, 1.82) is 0 Å². The number of piperidine rings is 1. The highest BCUT2D eigenvalue weighted by Crippen LogP contribution is 2.22. The SMILES string of the molecule is CCOC(=O)CC(NC(=O)C1CCCNC1)c1ccc(Br)cc1.Cl. The molecule has 1 fully saturated rings. The lowest BCUT2D eigenvalue weighted by Crippen LogP contribution is -2.42. The molecule has 5 nitrogen and oxygen atoms in total. The summed E-state index contributed by atoms with van der Waals surface area (Å²) >= 11 is 3.40. The zero-order valence-corrected chi connectivity index (χ0v) is 16.1. The van der Waals surface area contributed by atoms with Crippen LogP contribution < -0.4 is 10.6 Å². The van der Waals surface area contributed by atoms with E-state index in [4.69, 9.17) is 4.74 Å². The highest BCUT2D eigenvalue weighted by Gasteiger charge is 2.25. The molecule has 1 aromatic rings. The van der Waals surface area contributed by atoms with Crippen molar-refractivity contribution in [2.24, 2.45) is 5.92 Å². The standard InChI is InChI=1S/C17H23BrN2O3.ClH/c1-2-23-16(21)10-15(12-5-7-14(18)8-6-12)20-17(22)13-4-3-9-19-11-13;/h5-8,13,15,19H,2-4,9-11H2,1H3,(H,20,22);1H. The maximum Gasteiger partial charge on any atom is 0.308 e. The van der Waals surface area contributed by atoms with Gasteiger partial charge in [-0.15, -0.1) is 12.4 Å². The fourth-order valence-corrected chi connectivity index (χ4v) is 2.96. The number of benzene rings is 1. The normalized spacial score (nSPS) is 18.2. The molecule has 0 aliphatic carbocycles. The summed E-state index contributed by atoms with van der Waals surface area (Å²) in [7, 11) is 0. The van der Waals surface area contributed by atoms with E-state index in [1.807, 2.05) is 24.3 Å². The Hall–Kier alpha value is -1.11. The lowest BCUT2D eigenvalue weighted by Gasteiger charge is -2.25. The Kier molecular flexibility index (Phi) is 9.33. The minimum atomic E-state index is -0.364. The predicted molar refractivity (Wildman–Crippen MR) is 99.1 cm³/mol. The van der Waals surface area contributed by atoms with E-state index < -0.39 is 0 Å². The van der Waals surface area contributed by atoms with Gasteiger partial charge in [0.05, 0.1) is 25.0 Å². The van der Waals surface area contributed by atoms with E-state index in [-0.39, 0.29) is 42.7 Å². The molecular formula is C17H24BrClN2O3. The summed E-state index contributed by atoms with van der Waals surface area (Å²) in [4.78, 5) is 24.3. The first kappa shape index (κ1) is 20.9. The first-order valence-electron chi connectivity index (χ1n) is 8.02. The Balaban J connectivity index is 0.00000288. The van der Waals surface area contributed by atoms with E-state index in [2.05, 4.69) is 26.6 Å². The first-order chi connectivity index (χ1) is 11.1. The Morgan fingerprint density at radius 2 is 2.08 bits per heavy atom. The van der Waals surface area contributed by atoms with E-state index >= 15 is 0 Å².